The van der Waals surface area contributed by atoms with Crippen LogP contribution in [0.3, 0.4) is 0 Å². The van der Waals surface area contributed by atoms with Gasteiger partial charge in [0.2, 0.25) is 11.7 Å². The number of H-pyrrole nitrogens is 1. The van der Waals surface area contributed by atoms with E-state index in [1.807, 2.05) is 0 Å². The Kier molecular flexibility index (Phi) is 7.74. The van der Waals surface area contributed by atoms with E-state index in [0.717, 1.165) is 0 Å². The molecule has 192 valence electrons. The highest BCUT2D eigenvalue weighted by atomic mass is 31.2. The summed E-state index contributed by atoms with van der Waals surface area (Å²) in [7, 11) is -2.82. The molecule has 5 atom stereocenters. The SMILES string of the molecule is CCC(CC)(CC1OC([n+]2cn(C)c3c(=O)[nH]cnc32)C(O)C1O)OP(=O)(O)C(O)(CC)CC. The van der Waals surface area contributed by atoms with E-state index >= 15 is 0 Å². The van der Waals surface area contributed by atoms with Crippen molar-refractivity contribution in [3.8, 4) is 0 Å². The lowest BCUT2D eigenvalue weighted by molar-refractivity contribution is -0.746. The summed E-state index contributed by atoms with van der Waals surface area (Å²) in [6.45, 7) is 6.79. The molecule has 13 heteroatoms. The second-order valence-electron chi connectivity index (χ2n) is 8.98. The monoisotopic (exact) mass is 503 g/mol. The van der Waals surface area contributed by atoms with Crippen molar-refractivity contribution in [2.45, 2.75) is 95.3 Å². The van der Waals surface area contributed by atoms with Gasteiger partial charge in [-0.15, -0.1) is 0 Å². The van der Waals surface area contributed by atoms with E-state index in [9.17, 15) is 29.6 Å². The first-order chi connectivity index (χ1) is 15.9. The van der Waals surface area contributed by atoms with Crippen LogP contribution in [0.4, 0.5) is 0 Å². The van der Waals surface area contributed by atoms with Gasteiger partial charge in [-0.05, 0) is 25.7 Å². The fraction of sp³-hybridized carbons (Fsp3) is 0.762. The van der Waals surface area contributed by atoms with Gasteiger partial charge in [0.15, 0.2) is 18.0 Å². The Morgan fingerprint density at radius 3 is 2.38 bits per heavy atom. The van der Waals surface area contributed by atoms with Gasteiger partial charge in [-0.1, -0.05) is 32.7 Å². The number of aryl methyl sites for hydroxylation is 1. The number of imidazole rings is 1. The van der Waals surface area contributed by atoms with Crippen molar-refractivity contribution in [2.24, 2.45) is 7.05 Å². The Hall–Kier alpha value is -1.66. The quantitative estimate of drug-likeness (QED) is 0.233. The van der Waals surface area contributed by atoms with Gasteiger partial charge in [0.1, 0.15) is 12.2 Å². The normalized spacial score (nSPS) is 25.7. The number of fused-ring (bicyclic) bond motifs is 1. The molecule has 5 N–H and O–H groups in total. The van der Waals surface area contributed by atoms with Crippen LogP contribution < -0.4 is 10.1 Å². The van der Waals surface area contributed by atoms with Crippen LogP contribution >= 0.6 is 7.60 Å². The second-order valence-corrected chi connectivity index (χ2v) is 11.0. The molecule has 3 heterocycles. The van der Waals surface area contributed by atoms with Crippen LogP contribution in [-0.2, 0) is 20.9 Å². The van der Waals surface area contributed by atoms with Crippen LogP contribution in [-0.4, -0.2) is 64.0 Å². The van der Waals surface area contributed by atoms with Gasteiger partial charge in [-0.3, -0.25) is 23.4 Å². The molecule has 1 saturated heterocycles. The lowest BCUT2D eigenvalue weighted by atomic mass is 9.88. The first kappa shape index (κ1) is 26.9. The topological polar surface area (TPSA) is 171 Å². The van der Waals surface area contributed by atoms with Crippen LogP contribution in [0.25, 0.3) is 11.2 Å². The zero-order valence-corrected chi connectivity index (χ0v) is 21.1. The minimum absolute atomic E-state index is 0.00211. The van der Waals surface area contributed by atoms with Gasteiger partial charge >= 0.3 is 13.2 Å². The minimum Gasteiger partial charge on any atom is -0.387 e. The third-order valence-electron chi connectivity index (χ3n) is 7.15. The highest BCUT2D eigenvalue weighted by Gasteiger charge is 2.53. The summed E-state index contributed by atoms with van der Waals surface area (Å²) in [4.78, 5) is 29.6. The molecule has 5 unspecified atom stereocenters. The largest absolute Gasteiger partial charge is 0.387 e. The van der Waals surface area contributed by atoms with Crippen LogP contribution in [0.15, 0.2) is 17.4 Å². The average Bonchev–Trinajstić information content (AvgIpc) is 3.29. The van der Waals surface area contributed by atoms with Crippen molar-refractivity contribution in [2.75, 3.05) is 0 Å². The van der Waals surface area contributed by atoms with E-state index in [1.54, 1.807) is 45.6 Å². The molecule has 0 aromatic carbocycles. The predicted molar refractivity (Wildman–Crippen MR) is 122 cm³/mol. The van der Waals surface area contributed by atoms with Crippen molar-refractivity contribution in [1.82, 2.24) is 14.5 Å². The van der Waals surface area contributed by atoms with E-state index in [2.05, 4.69) is 9.97 Å². The van der Waals surface area contributed by atoms with E-state index in [-0.39, 0.29) is 36.0 Å². The summed E-state index contributed by atoms with van der Waals surface area (Å²) in [5, 5.41) is 30.4. The number of aromatic nitrogens is 4. The number of aliphatic hydroxyl groups excluding tert-OH is 2. The molecule has 0 saturated carbocycles. The van der Waals surface area contributed by atoms with E-state index in [1.165, 1.54) is 10.9 Å². The number of rotatable bonds is 10. The summed E-state index contributed by atoms with van der Waals surface area (Å²) in [5.74, 6) is 0. The Morgan fingerprint density at radius 2 is 1.82 bits per heavy atom. The third kappa shape index (κ3) is 4.48. The van der Waals surface area contributed by atoms with Gasteiger partial charge < -0.3 is 24.9 Å². The molecule has 12 nitrogen and oxygen atoms in total. The maximum atomic E-state index is 13.1. The second kappa shape index (κ2) is 9.77. The maximum absolute atomic E-state index is 13.1. The smallest absolute Gasteiger partial charge is 0.359 e. The van der Waals surface area contributed by atoms with Gasteiger partial charge in [0.05, 0.1) is 18.8 Å². The van der Waals surface area contributed by atoms with Crippen LogP contribution in [0.1, 0.15) is 66.0 Å². The zero-order chi connectivity index (χ0) is 25.5. The highest BCUT2D eigenvalue weighted by molar-refractivity contribution is 7.54. The Morgan fingerprint density at radius 1 is 1.21 bits per heavy atom. The Bertz CT molecular complexity index is 1110. The average molecular weight is 504 g/mol. The van der Waals surface area contributed by atoms with Gasteiger partial charge in [-0.2, -0.15) is 0 Å². The summed E-state index contributed by atoms with van der Waals surface area (Å²) in [5.41, 5.74) is -1.01. The van der Waals surface area contributed by atoms with E-state index < -0.39 is 43.1 Å². The number of ether oxygens (including phenoxy) is 1. The molecule has 0 bridgehead atoms. The van der Waals surface area contributed by atoms with Crippen molar-refractivity contribution < 1.29 is 38.6 Å². The summed E-state index contributed by atoms with van der Waals surface area (Å²) < 4.78 is 27.9. The fourth-order valence-corrected chi connectivity index (χ4v) is 6.40. The number of aliphatic hydroxyl groups is 3. The molecular weight excluding hydrogens is 467 g/mol. The molecule has 1 aliphatic heterocycles. The van der Waals surface area contributed by atoms with E-state index in [4.69, 9.17) is 9.26 Å². The summed E-state index contributed by atoms with van der Waals surface area (Å²) in [6.07, 6.45) is -1.19. The number of hydrogen-bond donors (Lipinski definition) is 5. The van der Waals surface area contributed by atoms with Crippen molar-refractivity contribution in [1.29, 1.82) is 0 Å². The molecule has 1 aliphatic rings. The van der Waals surface area contributed by atoms with Crippen molar-refractivity contribution in [3.05, 3.63) is 23.0 Å². The molecule has 1 fully saturated rings. The van der Waals surface area contributed by atoms with E-state index in [0.29, 0.717) is 12.8 Å². The van der Waals surface area contributed by atoms with Crippen molar-refractivity contribution in [3.63, 3.8) is 0 Å². The molecule has 2 aromatic heterocycles. The molecule has 0 spiro atoms. The molecule has 2 aromatic rings. The van der Waals surface area contributed by atoms with Crippen LogP contribution in [0, 0.1) is 0 Å². The molecule has 0 aliphatic carbocycles. The lowest BCUT2D eigenvalue weighted by Gasteiger charge is -2.40. The van der Waals surface area contributed by atoms with Crippen LogP contribution in [0.5, 0.6) is 0 Å². The first-order valence-corrected chi connectivity index (χ1v) is 13.2. The maximum Gasteiger partial charge on any atom is 0.359 e. The fourth-order valence-electron chi connectivity index (χ4n) is 4.57. The third-order valence-corrected chi connectivity index (χ3v) is 9.47. The van der Waals surface area contributed by atoms with Gasteiger partial charge in [0, 0.05) is 6.42 Å². The van der Waals surface area contributed by atoms with Gasteiger partial charge in [0.25, 0.3) is 5.56 Å². The molecule has 34 heavy (non-hydrogen) atoms. The lowest BCUT2D eigenvalue weighted by Crippen LogP contribution is -2.46. The van der Waals surface area contributed by atoms with Crippen LogP contribution in [0.2, 0.25) is 0 Å². The number of aromatic amines is 1. The van der Waals surface area contributed by atoms with Gasteiger partial charge in [-0.25, -0.2) is 4.57 Å². The highest BCUT2D eigenvalue weighted by Crippen LogP contribution is 2.61. The standard InChI is InChI=1S/C21H35N4O8P/c1-6-20(7-2,33-34(30,31)21(29,8-3)9-4)10-13-15(26)16(27)19(32-13)25-12-24(5)14-17(25)22-11-23-18(14)28/h11-13,15-16,19,26-27,29H,6-10H2,1-5H3,(H-,22,23,28,30,31)/p+1. The molecule has 0 amide bonds. The Balaban J connectivity index is 1.91. The number of hydrogen-bond acceptors (Lipinski definition) is 8. The molecular formula is C21H36N4O8P+. The number of nitrogens with one attached hydrogen (secondary N) is 1. The zero-order valence-electron chi connectivity index (χ0n) is 20.2. The summed E-state index contributed by atoms with van der Waals surface area (Å²) >= 11 is 0. The first-order valence-electron chi connectivity index (χ1n) is 11.6. The predicted octanol–water partition coefficient (Wildman–Crippen LogP) is 0.828. The minimum atomic E-state index is -4.47. The molecule has 3 rings (SSSR count). The Labute approximate surface area is 197 Å². The number of nitrogens with zero attached hydrogens (tertiary/aromatic N) is 3. The molecule has 0 radical (unpaired) electrons. The summed E-state index contributed by atoms with van der Waals surface area (Å²) in [6, 6.07) is 0. The van der Waals surface area contributed by atoms with Crippen molar-refractivity contribution >= 4 is 18.8 Å².